The number of carbonyl (C=O) groups excluding carboxylic acids is 1. The van der Waals surface area contributed by atoms with Gasteiger partial charge in [0.15, 0.2) is 0 Å². The van der Waals surface area contributed by atoms with Crippen molar-refractivity contribution in [3.05, 3.63) is 89.7 Å². The van der Waals surface area contributed by atoms with Gasteiger partial charge in [-0.15, -0.1) is 0 Å². The number of unbranched alkanes of at least 4 members (excludes halogenated alkanes) is 2. The van der Waals surface area contributed by atoms with Crippen LogP contribution in [0, 0.1) is 12.8 Å². The van der Waals surface area contributed by atoms with E-state index in [0.717, 1.165) is 46.4 Å². The summed E-state index contributed by atoms with van der Waals surface area (Å²) in [5, 5.41) is 13.7. The number of hydrogen-bond acceptors (Lipinski definition) is 4. The smallest absolute Gasteiger partial charge is 0.305 e. The minimum absolute atomic E-state index is 0.0378. The average molecular weight is 541 g/mol. The highest BCUT2D eigenvalue weighted by Crippen LogP contribution is 2.38. The van der Waals surface area contributed by atoms with Crippen molar-refractivity contribution >= 4 is 28.5 Å². The number of rotatable bonds is 13. The first-order chi connectivity index (χ1) is 19.3. The Labute approximate surface area is 237 Å². The molecule has 0 aliphatic heterocycles. The fourth-order valence-corrected chi connectivity index (χ4v) is 5.17. The van der Waals surface area contributed by atoms with Crippen LogP contribution < -0.4 is 5.32 Å². The summed E-state index contributed by atoms with van der Waals surface area (Å²) < 4.78 is 6.52. The number of hydrogen-bond donors (Lipinski definition) is 2. The number of carboxylic acid groups (broad SMARTS) is 1. The van der Waals surface area contributed by atoms with E-state index in [1.165, 1.54) is 23.3 Å². The quantitative estimate of drug-likeness (QED) is 0.167. The highest BCUT2D eigenvalue weighted by atomic mass is 16.4. The molecule has 1 aromatic heterocycles. The summed E-state index contributed by atoms with van der Waals surface area (Å²) in [6.45, 7) is 6.79. The minimum Gasteiger partial charge on any atom is -0.481 e. The molecule has 0 saturated carbocycles. The number of aryl methyl sites for hydroxylation is 1. The number of nitrogens with zero attached hydrogens (tertiary/aromatic N) is 1. The van der Waals surface area contributed by atoms with Gasteiger partial charge in [-0.05, 0) is 66.8 Å². The molecule has 0 saturated heterocycles. The van der Waals surface area contributed by atoms with E-state index >= 15 is 0 Å². The molecular formula is C34H40N2O4. The van der Waals surface area contributed by atoms with Crippen molar-refractivity contribution in [2.45, 2.75) is 58.9 Å². The van der Waals surface area contributed by atoms with Crippen molar-refractivity contribution in [2.75, 3.05) is 18.9 Å². The lowest BCUT2D eigenvalue weighted by Crippen LogP contribution is -2.29. The van der Waals surface area contributed by atoms with Crippen LogP contribution >= 0.6 is 0 Å². The second-order valence-corrected chi connectivity index (χ2v) is 10.7. The van der Waals surface area contributed by atoms with E-state index in [2.05, 4.69) is 68.6 Å². The molecule has 1 amide bonds. The number of carboxylic acids is 1. The van der Waals surface area contributed by atoms with Crippen LogP contribution in [-0.4, -0.2) is 35.5 Å². The molecule has 6 nitrogen and oxygen atoms in total. The van der Waals surface area contributed by atoms with Gasteiger partial charge in [0, 0.05) is 35.8 Å². The molecule has 210 valence electrons. The lowest BCUT2D eigenvalue weighted by molar-refractivity contribution is -0.137. The van der Waals surface area contributed by atoms with Gasteiger partial charge in [-0.3, -0.25) is 9.59 Å². The Morgan fingerprint density at radius 1 is 0.975 bits per heavy atom. The average Bonchev–Trinajstić information content (AvgIpc) is 3.30. The van der Waals surface area contributed by atoms with Gasteiger partial charge in [-0.25, -0.2) is 0 Å². The van der Waals surface area contributed by atoms with Gasteiger partial charge in [-0.1, -0.05) is 69.5 Å². The largest absolute Gasteiger partial charge is 0.481 e. The summed E-state index contributed by atoms with van der Waals surface area (Å²) in [6, 6.07) is 24.1. The van der Waals surface area contributed by atoms with E-state index in [1.807, 2.05) is 18.2 Å². The summed E-state index contributed by atoms with van der Waals surface area (Å²) in [7, 11) is 1.62. The maximum Gasteiger partial charge on any atom is 0.305 e. The molecule has 40 heavy (non-hydrogen) atoms. The van der Waals surface area contributed by atoms with E-state index in [-0.39, 0.29) is 24.9 Å². The van der Waals surface area contributed by atoms with Gasteiger partial charge >= 0.3 is 5.97 Å². The van der Waals surface area contributed by atoms with Gasteiger partial charge in [0.05, 0.1) is 12.5 Å². The van der Waals surface area contributed by atoms with Crippen LogP contribution in [0.3, 0.4) is 0 Å². The molecule has 0 fully saturated rings. The first-order valence-electron chi connectivity index (χ1n) is 14.2. The van der Waals surface area contributed by atoms with Gasteiger partial charge in [0.1, 0.15) is 11.3 Å². The monoisotopic (exact) mass is 540 g/mol. The molecule has 0 aliphatic carbocycles. The number of amides is 1. The first-order valence-corrected chi connectivity index (χ1v) is 14.2. The Bertz CT molecular complexity index is 1430. The third-order valence-electron chi connectivity index (χ3n) is 7.66. The number of nitrogens with one attached hydrogen (secondary N) is 1. The normalized spacial score (nSPS) is 12.7. The highest BCUT2D eigenvalue weighted by molar-refractivity contribution is 5.94. The minimum atomic E-state index is -0.921. The third kappa shape index (κ3) is 6.92. The molecular weight excluding hydrogens is 500 g/mol. The zero-order valence-corrected chi connectivity index (χ0v) is 23.9. The standard InChI is InChI=1S/C34H40N2O4/c1-5-6-8-11-23(2)32(35-28-17-14-26(15-18-28)34(39)36(4)21-20-31(37)38)33-24(3)29-22-27(16-19-30(29)40-33)25-12-9-7-10-13-25/h7,9-10,12-19,22-23,32,35H,5-6,8,11,20-21H2,1-4H3,(H,37,38). The van der Waals surface area contributed by atoms with Gasteiger partial charge < -0.3 is 19.7 Å². The molecule has 1 heterocycles. The molecule has 0 radical (unpaired) electrons. The number of anilines is 1. The molecule has 2 unspecified atom stereocenters. The Morgan fingerprint density at radius 3 is 2.38 bits per heavy atom. The number of furan rings is 1. The second-order valence-electron chi connectivity index (χ2n) is 10.7. The van der Waals surface area contributed by atoms with Crippen molar-refractivity contribution in [1.29, 1.82) is 0 Å². The molecule has 2 N–H and O–H groups in total. The summed E-state index contributed by atoms with van der Waals surface area (Å²) in [5.41, 5.74) is 5.79. The lowest BCUT2D eigenvalue weighted by Gasteiger charge is -2.25. The van der Waals surface area contributed by atoms with E-state index in [1.54, 1.807) is 19.2 Å². The molecule has 0 bridgehead atoms. The Morgan fingerprint density at radius 2 is 1.70 bits per heavy atom. The van der Waals surface area contributed by atoms with E-state index < -0.39 is 5.97 Å². The lowest BCUT2D eigenvalue weighted by atomic mass is 9.91. The SMILES string of the molecule is CCCCCC(C)C(Nc1ccc(C(=O)N(C)CCC(=O)O)cc1)c1oc2ccc(-c3ccccc3)cc2c1C. The zero-order valence-electron chi connectivity index (χ0n) is 23.9. The summed E-state index contributed by atoms with van der Waals surface area (Å²) >= 11 is 0. The second kappa shape index (κ2) is 13.3. The Balaban J connectivity index is 1.60. The first kappa shape index (κ1) is 28.9. The third-order valence-corrected chi connectivity index (χ3v) is 7.66. The van der Waals surface area contributed by atoms with Crippen molar-refractivity contribution in [1.82, 2.24) is 4.90 Å². The van der Waals surface area contributed by atoms with E-state index in [4.69, 9.17) is 9.52 Å². The van der Waals surface area contributed by atoms with Crippen LogP contribution in [0.1, 0.15) is 73.7 Å². The fraction of sp³-hybridized carbons (Fsp3) is 0.353. The molecule has 6 heteroatoms. The van der Waals surface area contributed by atoms with Gasteiger partial charge in [0.25, 0.3) is 5.91 Å². The van der Waals surface area contributed by atoms with Crippen molar-refractivity contribution < 1.29 is 19.1 Å². The predicted molar refractivity (Wildman–Crippen MR) is 162 cm³/mol. The van der Waals surface area contributed by atoms with Gasteiger partial charge in [-0.2, -0.15) is 0 Å². The maximum absolute atomic E-state index is 12.7. The number of fused-ring (bicyclic) bond motifs is 1. The highest BCUT2D eigenvalue weighted by Gasteiger charge is 2.26. The number of carbonyl (C=O) groups is 2. The number of aliphatic carboxylic acids is 1. The fourth-order valence-electron chi connectivity index (χ4n) is 5.17. The van der Waals surface area contributed by atoms with Crippen molar-refractivity contribution in [3.63, 3.8) is 0 Å². The molecule has 0 aliphatic rings. The molecule has 4 aromatic rings. The predicted octanol–water partition coefficient (Wildman–Crippen LogP) is 8.32. The van der Waals surface area contributed by atoms with E-state index in [9.17, 15) is 9.59 Å². The van der Waals surface area contributed by atoms with Crippen LogP contribution in [0.15, 0.2) is 77.2 Å². The van der Waals surface area contributed by atoms with Crippen LogP contribution in [0.5, 0.6) is 0 Å². The van der Waals surface area contributed by atoms with Crippen LogP contribution in [0.25, 0.3) is 22.1 Å². The Hall–Kier alpha value is -4.06. The maximum atomic E-state index is 12.7. The van der Waals surface area contributed by atoms with Crippen molar-refractivity contribution in [2.24, 2.45) is 5.92 Å². The summed E-state index contributed by atoms with van der Waals surface area (Å²) in [4.78, 5) is 25.1. The topological polar surface area (TPSA) is 82.8 Å². The molecule has 4 rings (SSSR count). The molecule has 3 aromatic carbocycles. The molecule has 0 spiro atoms. The van der Waals surface area contributed by atoms with E-state index in [0.29, 0.717) is 11.5 Å². The zero-order chi connectivity index (χ0) is 28.6. The summed E-state index contributed by atoms with van der Waals surface area (Å²) in [5.74, 6) is 0.149. The summed E-state index contributed by atoms with van der Waals surface area (Å²) in [6.07, 6.45) is 4.52. The van der Waals surface area contributed by atoms with Crippen LogP contribution in [-0.2, 0) is 4.79 Å². The van der Waals surface area contributed by atoms with Crippen LogP contribution in [0.2, 0.25) is 0 Å². The molecule has 2 atom stereocenters. The Kier molecular flexibility index (Phi) is 9.65. The van der Waals surface area contributed by atoms with Gasteiger partial charge in [0.2, 0.25) is 0 Å². The number of benzene rings is 3. The van der Waals surface area contributed by atoms with Crippen molar-refractivity contribution in [3.8, 4) is 11.1 Å². The van der Waals surface area contributed by atoms with Crippen LogP contribution in [0.4, 0.5) is 5.69 Å².